The summed E-state index contributed by atoms with van der Waals surface area (Å²) in [7, 11) is 0. The fraction of sp³-hybridized carbons (Fsp3) is 0.292. The Hall–Kier alpha value is -5.02. The predicted molar refractivity (Wildman–Crippen MR) is 212 cm³/mol. The Kier molecular flexibility index (Phi) is 6.85. The van der Waals surface area contributed by atoms with Crippen molar-refractivity contribution >= 4 is 51.9 Å². The minimum absolute atomic E-state index is 0.366. The van der Waals surface area contributed by atoms with E-state index in [1.165, 1.54) is 89.5 Å². The van der Waals surface area contributed by atoms with Gasteiger partial charge in [-0.2, -0.15) is 0 Å². The van der Waals surface area contributed by atoms with Crippen molar-refractivity contribution in [2.45, 2.75) is 89.0 Å². The molecule has 0 bridgehead atoms. The van der Waals surface area contributed by atoms with E-state index in [0.717, 1.165) is 76.2 Å². The molecule has 0 aliphatic heterocycles. The first-order chi connectivity index (χ1) is 25.3. The summed E-state index contributed by atoms with van der Waals surface area (Å²) >= 11 is 0. The molecule has 2 aromatic carbocycles. The Morgan fingerprint density at radius 1 is 0.706 bits per heavy atom. The number of aryl methyl sites for hydroxylation is 1. The number of hydrogen-bond acceptors (Lipinski definition) is 1. The Labute approximate surface area is 299 Å². The van der Waals surface area contributed by atoms with Crippen LogP contribution in [0, 0.1) is 0 Å². The van der Waals surface area contributed by atoms with Crippen LogP contribution in [-0.2, 0) is 25.7 Å². The Morgan fingerprint density at radius 3 is 2.49 bits per heavy atom. The number of allylic oxidation sites excluding steroid dienone is 10. The first kappa shape index (κ1) is 29.7. The molecule has 3 heteroatoms. The minimum atomic E-state index is 0.366. The molecule has 5 aromatic rings. The smallest absolute Gasteiger partial charge is 0.134 e. The van der Waals surface area contributed by atoms with Crippen LogP contribution in [0.2, 0.25) is 0 Å². The highest BCUT2D eigenvalue weighted by molar-refractivity contribution is 5.95. The van der Waals surface area contributed by atoms with Gasteiger partial charge in [0.05, 0.1) is 5.52 Å². The van der Waals surface area contributed by atoms with Crippen molar-refractivity contribution in [3.63, 3.8) is 0 Å². The molecule has 3 aromatic heterocycles. The largest absolute Gasteiger partial charge is 0.461 e. The van der Waals surface area contributed by atoms with Crippen molar-refractivity contribution in [3.8, 4) is 0 Å². The Morgan fingerprint density at radius 2 is 1.57 bits per heavy atom. The number of nitrogens with zero attached hydrogens (tertiary/aromatic N) is 2. The summed E-state index contributed by atoms with van der Waals surface area (Å²) in [5.74, 6) is 1.56. The lowest BCUT2D eigenvalue weighted by Gasteiger charge is -2.27. The number of fused-ring (bicyclic) bond motifs is 9. The van der Waals surface area contributed by atoms with Gasteiger partial charge in [-0.05, 0) is 112 Å². The van der Waals surface area contributed by atoms with Crippen molar-refractivity contribution in [2.75, 3.05) is 0 Å². The summed E-state index contributed by atoms with van der Waals surface area (Å²) in [4.78, 5) is 0. The van der Waals surface area contributed by atoms with Crippen LogP contribution >= 0.6 is 0 Å². The molecule has 0 saturated carbocycles. The van der Waals surface area contributed by atoms with E-state index >= 15 is 0 Å². The van der Waals surface area contributed by atoms with Gasteiger partial charge in [-0.3, -0.25) is 0 Å². The highest BCUT2D eigenvalue weighted by Crippen LogP contribution is 2.40. The summed E-state index contributed by atoms with van der Waals surface area (Å²) in [6, 6.07) is 16.4. The maximum Gasteiger partial charge on any atom is 0.134 e. The number of aromatic nitrogens is 2. The molecule has 2 atom stereocenters. The molecule has 11 rings (SSSR count). The van der Waals surface area contributed by atoms with Crippen molar-refractivity contribution in [1.82, 2.24) is 9.13 Å². The van der Waals surface area contributed by atoms with E-state index < -0.39 is 0 Å². The lowest BCUT2D eigenvalue weighted by molar-refractivity contribution is 0.381. The molecular formula is C48H44N2O. The normalized spacial score (nSPS) is 22.0. The molecule has 0 spiro atoms. The maximum atomic E-state index is 6.47. The second-order valence-electron chi connectivity index (χ2n) is 15.5. The topological polar surface area (TPSA) is 23.0 Å². The highest BCUT2D eigenvalue weighted by atomic mass is 16.3. The molecule has 6 aliphatic rings. The molecular weight excluding hydrogens is 621 g/mol. The SMILES string of the molecule is C1=CC(C2=CCCC(n3c4c(c5cc(C6C=c7c8c(n(C9CCc%10c(oc%11ccccc%10%11)C9)c7=CC6)CCC=C8)ccc53)C=CCC4)=C2)=CCC1. The molecule has 0 saturated heterocycles. The van der Waals surface area contributed by atoms with E-state index in [-0.39, 0.29) is 0 Å². The lowest BCUT2D eigenvalue weighted by atomic mass is 9.89. The Balaban J connectivity index is 0.983. The molecule has 0 N–H and O–H groups in total. The third-order valence-corrected chi connectivity index (χ3v) is 12.6. The summed E-state index contributed by atoms with van der Waals surface area (Å²) in [6.07, 6.45) is 40.0. The van der Waals surface area contributed by atoms with Gasteiger partial charge in [0, 0.05) is 73.5 Å². The third kappa shape index (κ3) is 4.70. The number of furan rings is 1. The number of hydrogen-bond donors (Lipinski definition) is 0. The number of para-hydroxylation sites is 1. The van der Waals surface area contributed by atoms with Gasteiger partial charge in [0.2, 0.25) is 0 Å². The van der Waals surface area contributed by atoms with E-state index in [1.54, 1.807) is 0 Å². The average molecular weight is 665 g/mol. The van der Waals surface area contributed by atoms with Gasteiger partial charge >= 0.3 is 0 Å². The molecule has 6 aliphatic carbocycles. The van der Waals surface area contributed by atoms with Crippen LogP contribution < -0.4 is 10.6 Å². The monoisotopic (exact) mass is 664 g/mol. The molecule has 0 radical (unpaired) electrons. The highest BCUT2D eigenvalue weighted by Gasteiger charge is 2.30. The fourth-order valence-electron chi connectivity index (χ4n) is 10.2. The zero-order valence-corrected chi connectivity index (χ0v) is 29.3. The molecule has 0 fully saturated rings. The molecule has 2 unspecified atom stereocenters. The minimum Gasteiger partial charge on any atom is -0.461 e. The van der Waals surface area contributed by atoms with E-state index in [1.807, 2.05) is 0 Å². The van der Waals surface area contributed by atoms with E-state index in [9.17, 15) is 0 Å². The first-order valence-corrected chi connectivity index (χ1v) is 19.5. The summed E-state index contributed by atoms with van der Waals surface area (Å²) < 4.78 is 11.8. The quantitative estimate of drug-likeness (QED) is 0.188. The van der Waals surface area contributed by atoms with Gasteiger partial charge in [0.15, 0.2) is 0 Å². The van der Waals surface area contributed by atoms with Crippen LogP contribution in [0.3, 0.4) is 0 Å². The second-order valence-corrected chi connectivity index (χ2v) is 15.5. The molecule has 0 amide bonds. The van der Waals surface area contributed by atoms with E-state index in [2.05, 4.69) is 118 Å². The second kappa shape index (κ2) is 11.8. The maximum absolute atomic E-state index is 6.47. The fourth-order valence-corrected chi connectivity index (χ4v) is 10.2. The number of rotatable bonds is 4. The van der Waals surface area contributed by atoms with Crippen LogP contribution in [0.5, 0.6) is 0 Å². The van der Waals surface area contributed by atoms with Crippen LogP contribution in [0.25, 0.3) is 51.9 Å². The van der Waals surface area contributed by atoms with E-state index in [0.29, 0.717) is 12.0 Å². The van der Waals surface area contributed by atoms with Crippen LogP contribution in [0.4, 0.5) is 0 Å². The van der Waals surface area contributed by atoms with Gasteiger partial charge in [-0.1, -0.05) is 85.0 Å². The number of benzene rings is 2. The van der Waals surface area contributed by atoms with Crippen LogP contribution in [0.15, 0.2) is 101 Å². The standard InChI is InChI=1S/C48H44N2O/c1-2-11-31(12-3-1)32-13-10-14-35(27-32)49-43-18-7-4-15-37(43)41-28-33(21-25-45(41)49)34-22-26-46-42(29-34)38-16-5-8-19-44(38)50(46)36-23-24-40-39-17-6-9-20-47(39)51-48(40)30-36/h2,4-6,9,11-13,15-17,20-21,25-29,34,36H,1,3,7-8,10,14,18-19,22-24,30H2. The van der Waals surface area contributed by atoms with Gasteiger partial charge < -0.3 is 13.6 Å². The predicted octanol–water partition coefficient (Wildman–Crippen LogP) is 10.4. The third-order valence-electron chi connectivity index (χ3n) is 12.6. The van der Waals surface area contributed by atoms with Gasteiger partial charge in [0.1, 0.15) is 11.3 Å². The first-order valence-electron chi connectivity index (χ1n) is 19.5. The zero-order chi connectivity index (χ0) is 33.5. The summed E-state index contributed by atoms with van der Waals surface area (Å²) in [5, 5.41) is 5.61. The summed E-state index contributed by atoms with van der Waals surface area (Å²) in [6.45, 7) is 0. The van der Waals surface area contributed by atoms with Crippen molar-refractivity contribution in [1.29, 1.82) is 0 Å². The van der Waals surface area contributed by atoms with Crippen molar-refractivity contribution < 1.29 is 4.42 Å². The van der Waals surface area contributed by atoms with Crippen molar-refractivity contribution in [2.24, 2.45) is 0 Å². The average Bonchev–Trinajstić information content (AvgIpc) is 3.85. The van der Waals surface area contributed by atoms with E-state index in [4.69, 9.17) is 4.42 Å². The molecule has 51 heavy (non-hydrogen) atoms. The van der Waals surface area contributed by atoms with Gasteiger partial charge in [0.25, 0.3) is 0 Å². The molecule has 3 nitrogen and oxygen atoms in total. The van der Waals surface area contributed by atoms with Crippen molar-refractivity contribution in [3.05, 3.63) is 146 Å². The van der Waals surface area contributed by atoms with Crippen LogP contribution in [0.1, 0.15) is 103 Å². The van der Waals surface area contributed by atoms with Gasteiger partial charge in [-0.15, -0.1) is 0 Å². The molecule has 252 valence electrons. The van der Waals surface area contributed by atoms with Gasteiger partial charge in [-0.25, -0.2) is 0 Å². The lowest BCUT2D eigenvalue weighted by Crippen LogP contribution is -2.36. The van der Waals surface area contributed by atoms with Crippen LogP contribution in [-0.4, -0.2) is 9.13 Å². The molecule has 3 heterocycles. The summed E-state index contributed by atoms with van der Waals surface area (Å²) in [5.41, 5.74) is 15.4. The Bertz CT molecular complexity index is 2600. The zero-order valence-electron chi connectivity index (χ0n) is 29.3.